The molecule has 64 valence electrons. The second-order valence-electron chi connectivity index (χ2n) is 1.98. The van der Waals surface area contributed by atoms with Gasteiger partial charge in [-0.2, -0.15) is 0 Å². The highest BCUT2D eigenvalue weighted by Crippen LogP contribution is 2.10. The number of ether oxygens (including phenoxy) is 1. The zero-order chi connectivity index (χ0) is 9.14. The van der Waals surface area contributed by atoms with Crippen molar-refractivity contribution in [2.45, 2.75) is 0 Å². The van der Waals surface area contributed by atoms with Gasteiger partial charge in [0.05, 0.1) is 18.9 Å². The Morgan fingerprint density at radius 2 is 2.42 bits per heavy atom. The highest BCUT2D eigenvalue weighted by atomic mass is 127. The Hall–Kier alpha value is -0.720. The molecule has 0 fully saturated rings. The Morgan fingerprint density at radius 1 is 1.75 bits per heavy atom. The zero-order valence-corrected chi connectivity index (χ0v) is 8.33. The quantitative estimate of drug-likeness (QED) is 0.446. The van der Waals surface area contributed by atoms with Crippen LogP contribution in [0.3, 0.4) is 0 Å². The monoisotopic (exact) mass is 281 g/mol. The molecule has 0 saturated carbocycles. The number of pyridine rings is 1. The van der Waals surface area contributed by atoms with Crippen LogP contribution in [0.4, 0.5) is 4.39 Å². The van der Waals surface area contributed by atoms with Crippen molar-refractivity contribution in [3.8, 4) is 0 Å². The van der Waals surface area contributed by atoms with Crippen LogP contribution in [0.5, 0.6) is 0 Å². The van der Waals surface area contributed by atoms with E-state index >= 15 is 0 Å². The van der Waals surface area contributed by atoms with Crippen LogP contribution in [0.2, 0.25) is 0 Å². The molecular weight excluding hydrogens is 276 g/mol. The molecule has 0 N–H and O–H groups in total. The van der Waals surface area contributed by atoms with Crippen molar-refractivity contribution in [3.05, 3.63) is 27.3 Å². The number of nitrogens with zero attached hydrogens (tertiary/aromatic N) is 1. The fraction of sp³-hybridized carbons (Fsp3) is 0.143. The number of halogens is 2. The van der Waals surface area contributed by atoms with Gasteiger partial charge in [-0.1, -0.05) is 0 Å². The summed E-state index contributed by atoms with van der Waals surface area (Å²) in [7, 11) is 1.20. The average Bonchev–Trinajstić information content (AvgIpc) is 2.08. The molecule has 0 radical (unpaired) electrons. The summed E-state index contributed by atoms with van der Waals surface area (Å²) < 4.78 is 17.8. The van der Waals surface area contributed by atoms with E-state index in [1.165, 1.54) is 13.2 Å². The lowest BCUT2D eigenvalue weighted by molar-refractivity contribution is 0.0595. The number of hydrogen-bond acceptors (Lipinski definition) is 3. The topological polar surface area (TPSA) is 39.2 Å². The molecule has 12 heavy (non-hydrogen) atoms. The molecule has 0 spiro atoms. The van der Waals surface area contributed by atoms with Gasteiger partial charge in [-0.25, -0.2) is 14.2 Å². The lowest BCUT2D eigenvalue weighted by atomic mass is 10.3. The minimum Gasteiger partial charge on any atom is -0.465 e. The van der Waals surface area contributed by atoms with Crippen LogP contribution in [0.25, 0.3) is 0 Å². The predicted molar refractivity (Wildman–Crippen MR) is 48.3 cm³/mol. The van der Waals surface area contributed by atoms with E-state index in [1.807, 2.05) is 22.6 Å². The third-order valence-electron chi connectivity index (χ3n) is 1.23. The van der Waals surface area contributed by atoms with Crippen LogP contribution in [-0.2, 0) is 4.74 Å². The van der Waals surface area contributed by atoms with Gasteiger partial charge in [-0.3, -0.25) is 0 Å². The average molecular weight is 281 g/mol. The Balaban J connectivity index is 3.13. The van der Waals surface area contributed by atoms with Gasteiger partial charge in [0, 0.05) is 0 Å². The SMILES string of the molecule is COC(=O)c1cc(I)ncc1F. The van der Waals surface area contributed by atoms with Crippen LogP contribution < -0.4 is 0 Å². The second-order valence-corrected chi connectivity index (χ2v) is 3.08. The van der Waals surface area contributed by atoms with Crippen LogP contribution >= 0.6 is 22.6 Å². The van der Waals surface area contributed by atoms with E-state index < -0.39 is 11.8 Å². The van der Waals surface area contributed by atoms with Crippen molar-refractivity contribution >= 4 is 28.6 Å². The standard InChI is InChI=1S/C7H5FINO2/c1-12-7(11)4-2-6(9)10-3-5(4)8/h2-3H,1H3. The van der Waals surface area contributed by atoms with E-state index in [9.17, 15) is 9.18 Å². The normalized spacial score (nSPS) is 9.58. The molecule has 0 aliphatic heterocycles. The van der Waals surface area contributed by atoms with Gasteiger partial charge < -0.3 is 4.74 Å². The molecule has 3 nitrogen and oxygen atoms in total. The summed E-state index contributed by atoms with van der Waals surface area (Å²) >= 11 is 1.89. The van der Waals surface area contributed by atoms with Crippen LogP contribution in [0.1, 0.15) is 10.4 Å². The minimum atomic E-state index is -0.687. The molecule has 1 aromatic rings. The van der Waals surface area contributed by atoms with Crippen molar-refractivity contribution in [3.63, 3.8) is 0 Å². The van der Waals surface area contributed by atoms with E-state index in [2.05, 4.69) is 9.72 Å². The van der Waals surface area contributed by atoms with Crippen LogP contribution in [-0.4, -0.2) is 18.1 Å². The molecule has 0 aliphatic carbocycles. The maximum atomic E-state index is 12.8. The largest absolute Gasteiger partial charge is 0.465 e. The van der Waals surface area contributed by atoms with Gasteiger partial charge in [-0.05, 0) is 28.7 Å². The van der Waals surface area contributed by atoms with E-state index in [0.717, 1.165) is 6.20 Å². The molecule has 0 aromatic carbocycles. The molecular formula is C7H5FINO2. The molecule has 0 amide bonds. The second kappa shape index (κ2) is 3.79. The lowest BCUT2D eigenvalue weighted by Gasteiger charge is -1.99. The molecule has 0 saturated heterocycles. The summed E-state index contributed by atoms with van der Waals surface area (Å²) in [5.74, 6) is -1.35. The Morgan fingerprint density at radius 3 is 3.00 bits per heavy atom. The number of carbonyl (C=O) groups excluding carboxylic acids is 1. The van der Waals surface area contributed by atoms with Crippen molar-refractivity contribution in [2.24, 2.45) is 0 Å². The van der Waals surface area contributed by atoms with Crippen LogP contribution in [0.15, 0.2) is 12.3 Å². The van der Waals surface area contributed by atoms with Crippen molar-refractivity contribution in [2.75, 3.05) is 7.11 Å². The number of esters is 1. The summed E-state index contributed by atoms with van der Waals surface area (Å²) in [6.07, 6.45) is 0.994. The summed E-state index contributed by atoms with van der Waals surface area (Å²) in [4.78, 5) is 14.6. The summed E-state index contributed by atoms with van der Waals surface area (Å²) in [5.41, 5.74) is -0.0862. The van der Waals surface area contributed by atoms with Gasteiger partial charge >= 0.3 is 5.97 Å². The molecule has 0 unspecified atom stereocenters. The smallest absolute Gasteiger partial charge is 0.341 e. The van der Waals surface area contributed by atoms with Crippen LogP contribution in [0, 0.1) is 9.52 Å². The molecule has 1 aromatic heterocycles. The third kappa shape index (κ3) is 1.90. The minimum absolute atomic E-state index is 0.0862. The first-order valence-corrected chi connectivity index (χ1v) is 4.12. The van der Waals surface area contributed by atoms with Crippen molar-refractivity contribution < 1.29 is 13.9 Å². The van der Waals surface area contributed by atoms with Gasteiger partial charge in [-0.15, -0.1) is 0 Å². The molecule has 0 bridgehead atoms. The number of carbonyl (C=O) groups is 1. The number of rotatable bonds is 1. The lowest BCUT2D eigenvalue weighted by Crippen LogP contribution is -2.05. The molecule has 5 heteroatoms. The van der Waals surface area contributed by atoms with Gasteiger partial charge in [0.2, 0.25) is 0 Å². The van der Waals surface area contributed by atoms with E-state index in [-0.39, 0.29) is 5.56 Å². The Bertz CT molecular complexity index is 316. The fourth-order valence-corrected chi connectivity index (χ4v) is 1.13. The zero-order valence-electron chi connectivity index (χ0n) is 6.17. The predicted octanol–water partition coefficient (Wildman–Crippen LogP) is 1.61. The first kappa shape index (κ1) is 9.37. The maximum Gasteiger partial charge on any atom is 0.341 e. The maximum absolute atomic E-state index is 12.8. The molecule has 1 rings (SSSR count). The first-order chi connectivity index (χ1) is 5.65. The van der Waals surface area contributed by atoms with E-state index in [4.69, 9.17) is 0 Å². The fourth-order valence-electron chi connectivity index (χ4n) is 0.680. The summed E-state index contributed by atoms with van der Waals surface area (Å²) in [5, 5.41) is 0. The van der Waals surface area contributed by atoms with Gasteiger partial charge in [0.15, 0.2) is 5.82 Å². The van der Waals surface area contributed by atoms with Crippen molar-refractivity contribution in [1.29, 1.82) is 0 Å². The molecule has 0 atom stereocenters. The number of hydrogen-bond donors (Lipinski definition) is 0. The molecule has 1 heterocycles. The van der Waals surface area contributed by atoms with E-state index in [1.54, 1.807) is 0 Å². The third-order valence-corrected chi connectivity index (χ3v) is 1.82. The summed E-state index contributed by atoms with van der Waals surface area (Å²) in [6.45, 7) is 0. The van der Waals surface area contributed by atoms with Crippen molar-refractivity contribution in [1.82, 2.24) is 4.98 Å². The number of aromatic nitrogens is 1. The summed E-state index contributed by atoms with van der Waals surface area (Å²) in [6, 6.07) is 1.34. The van der Waals surface area contributed by atoms with Gasteiger partial charge in [0.1, 0.15) is 3.70 Å². The first-order valence-electron chi connectivity index (χ1n) is 3.04. The van der Waals surface area contributed by atoms with Gasteiger partial charge in [0.25, 0.3) is 0 Å². The number of methoxy groups -OCH3 is 1. The highest BCUT2D eigenvalue weighted by molar-refractivity contribution is 14.1. The highest BCUT2D eigenvalue weighted by Gasteiger charge is 2.12. The Kier molecular flexibility index (Phi) is 2.96. The Labute approximate surface area is 82.1 Å². The molecule has 0 aliphatic rings. The van der Waals surface area contributed by atoms with E-state index in [0.29, 0.717) is 3.70 Å².